The molecule has 4 nitrogen and oxygen atoms in total. The molecule has 110 valence electrons. The van der Waals surface area contributed by atoms with Crippen LogP contribution in [0, 0.1) is 20.8 Å². The molecule has 0 amide bonds. The molecule has 21 heavy (non-hydrogen) atoms. The third kappa shape index (κ3) is 3.49. The third-order valence-electron chi connectivity index (χ3n) is 3.53. The maximum Gasteiger partial charge on any atom is 0.276 e. The standard InChI is InChI=1S/C16H18N2O2S/c1-12-9-10-15(14(3)13(12)2)11-17-18-21(19,20)16-7-5-4-6-8-16/h4-11,18H,1-3H3/b17-11+. The van der Waals surface area contributed by atoms with Crippen molar-refractivity contribution in [1.29, 1.82) is 0 Å². The van der Waals surface area contributed by atoms with Gasteiger partial charge in [-0.3, -0.25) is 0 Å². The van der Waals surface area contributed by atoms with Crippen LogP contribution in [0.15, 0.2) is 52.5 Å². The van der Waals surface area contributed by atoms with Crippen molar-refractivity contribution in [1.82, 2.24) is 4.83 Å². The van der Waals surface area contributed by atoms with Crippen LogP contribution in [0.3, 0.4) is 0 Å². The summed E-state index contributed by atoms with van der Waals surface area (Å²) in [6.45, 7) is 6.08. The van der Waals surface area contributed by atoms with Crippen molar-refractivity contribution in [2.75, 3.05) is 0 Å². The van der Waals surface area contributed by atoms with Crippen LogP contribution in [0.4, 0.5) is 0 Å². The van der Waals surface area contributed by atoms with Crippen molar-refractivity contribution in [3.8, 4) is 0 Å². The number of hydrogen-bond donors (Lipinski definition) is 1. The molecule has 0 bridgehead atoms. The summed E-state index contributed by atoms with van der Waals surface area (Å²) in [6, 6.07) is 12.1. The highest BCUT2D eigenvalue weighted by Gasteiger charge is 2.11. The lowest BCUT2D eigenvalue weighted by atomic mass is 10.00. The van der Waals surface area contributed by atoms with E-state index in [1.165, 1.54) is 29.5 Å². The molecule has 0 saturated carbocycles. The summed E-state index contributed by atoms with van der Waals surface area (Å²) in [6.07, 6.45) is 1.53. The molecule has 0 spiro atoms. The molecule has 0 aliphatic carbocycles. The Hall–Kier alpha value is -2.14. The Morgan fingerprint density at radius 2 is 1.62 bits per heavy atom. The van der Waals surface area contributed by atoms with Crippen molar-refractivity contribution in [2.45, 2.75) is 25.7 Å². The van der Waals surface area contributed by atoms with Crippen LogP contribution >= 0.6 is 0 Å². The Bertz CT molecular complexity index is 766. The number of rotatable bonds is 4. The van der Waals surface area contributed by atoms with Crippen molar-refractivity contribution in [3.63, 3.8) is 0 Å². The van der Waals surface area contributed by atoms with Gasteiger partial charge in [0.2, 0.25) is 0 Å². The lowest BCUT2D eigenvalue weighted by Crippen LogP contribution is -2.18. The molecule has 2 aromatic carbocycles. The minimum atomic E-state index is -3.61. The number of benzene rings is 2. The topological polar surface area (TPSA) is 58.5 Å². The summed E-state index contributed by atoms with van der Waals surface area (Å²) in [5.74, 6) is 0. The average molecular weight is 302 g/mol. The van der Waals surface area contributed by atoms with Crippen LogP contribution in [0.25, 0.3) is 0 Å². The van der Waals surface area contributed by atoms with Crippen molar-refractivity contribution >= 4 is 16.2 Å². The number of aryl methyl sites for hydroxylation is 1. The van der Waals surface area contributed by atoms with Gasteiger partial charge in [-0.25, -0.2) is 4.83 Å². The fraction of sp³-hybridized carbons (Fsp3) is 0.188. The van der Waals surface area contributed by atoms with Crippen LogP contribution in [0.2, 0.25) is 0 Å². The molecule has 0 aliphatic rings. The van der Waals surface area contributed by atoms with E-state index >= 15 is 0 Å². The third-order valence-corrected chi connectivity index (χ3v) is 4.77. The summed E-state index contributed by atoms with van der Waals surface area (Å²) in [5, 5.41) is 3.86. The van der Waals surface area contributed by atoms with Gasteiger partial charge >= 0.3 is 0 Å². The van der Waals surface area contributed by atoms with Gasteiger partial charge in [0.15, 0.2) is 0 Å². The number of hydrazone groups is 1. The van der Waals surface area contributed by atoms with E-state index in [9.17, 15) is 8.42 Å². The monoisotopic (exact) mass is 302 g/mol. The minimum Gasteiger partial charge on any atom is -0.200 e. The van der Waals surface area contributed by atoms with Crippen LogP contribution in [-0.2, 0) is 10.0 Å². The van der Waals surface area contributed by atoms with E-state index in [-0.39, 0.29) is 4.90 Å². The van der Waals surface area contributed by atoms with Crippen molar-refractivity contribution < 1.29 is 8.42 Å². The van der Waals surface area contributed by atoms with Gasteiger partial charge in [-0.2, -0.15) is 13.5 Å². The number of hydrogen-bond acceptors (Lipinski definition) is 3. The maximum atomic E-state index is 12.0. The van der Waals surface area contributed by atoms with E-state index in [1.54, 1.807) is 18.2 Å². The predicted molar refractivity (Wildman–Crippen MR) is 85.0 cm³/mol. The zero-order valence-electron chi connectivity index (χ0n) is 12.3. The molecule has 0 fully saturated rings. The molecule has 1 N–H and O–H groups in total. The molecule has 0 radical (unpaired) electrons. The van der Waals surface area contributed by atoms with Gasteiger partial charge in [-0.05, 0) is 55.2 Å². The molecule has 5 heteroatoms. The summed E-state index contributed by atoms with van der Waals surface area (Å²) in [7, 11) is -3.61. The minimum absolute atomic E-state index is 0.193. The second-order valence-corrected chi connectivity index (χ2v) is 6.55. The Morgan fingerprint density at radius 1 is 0.952 bits per heavy atom. The van der Waals surface area contributed by atoms with E-state index < -0.39 is 10.0 Å². The molecule has 0 aliphatic heterocycles. The summed E-state index contributed by atoms with van der Waals surface area (Å²) in [4.78, 5) is 2.42. The molecule has 2 rings (SSSR count). The van der Waals surface area contributed by atoms with E-state index in [0.29, 0.717) is 0 Å². The lowest BCUT2D eigenvalue weighted by Gasteiger charge is -2.07. The first-order valence-corrected chi connectivity index (χ1v) is 8.07. The number of nitrogens with one attached hydrogen (secondary N) is 1. The van der Waals surface area contributed by atoms with Gasteiger partial charge in [-0.1, -0.05) is 30.3 Å². The lowest BCUT2D eigenvalue weighted by molar-refractivity contribution is 0.584. The van der Waals surface area contributed by atoms with Gasteiger partial charge in [0.1, 0.15) is 0 Å². The van der Waals surface area contributed by atoms with Gasteiger partial charge in [0, 0.05) is 0 Å². The van der Waals surface area contributed by atoms with Crippen LogP contribution in [0.1, 0.15) is 22.3 Å². The molecule has 0 saturated heterocycles. The second-order valence-electron chi connectivity index (χ2n) is 4.89. The first-order valence-electron chi connectivity index (χ1n) is 6.58. The molecular formula is C16H18N2O2S. The molecule has 0 unspecified atom stereocenters. The highest BCUT2D eigenvalue weighted by molar-refractivity contribution is 7.89. The zero-order chi connectivity index (χ0) is 15.5. The normalized spacial score (nSPS) is 11.8. The van der Waals surface area contributed by atoms with Crippen LogP contribution in [0.5, 0.6) is 0 Å². The SMILES string of the molecule is Cc1ccc(/C=N/NS(=O)(=O)c2ccccc2)c(C)c1C. The van der Waals surface area contributed by atoms with Gasteiger partial charge in [0.05, 0.1) is 11.1 Å². The molecule has 0 atom stereocenters. The maximum absolute atomic E-state index is 12.0. The van der Waals surface area contributed by atoms with Crippen molar-refractivity contribution in [2.24, 2.45) is 5.10 Å². The summed E-state index contributed by atoms with van der Waals surface area (Å²) < 4.78 is 24.0. The average Bonchev–Trinajstić information content (AvgIpc) is 2.48. The zero-order valence-corrected chi connectivity index (χ0v) is 13.1. The smallest absolute Gasteiger partial charge is 0.200 e. The first kappa shape index (κ1) is 15.3. The largest absolute Gasteiger partial charge is 0.276 e. The quantitative estimate of drug-likeness (QED) is 0.697. The molecule has 0 heterocycles. The van der Waals surface area contributed by atoms with Crippen LogP contribution < -0.4 is 4.83 Å². The van der Waals surface area contributed by atoms with E-state index in [4.69, 9.17) is 0 Å². The Kier molecular flexibility index (Phi) is 4.43. The van der Waals surface area contributed by atoms with Crippen molar-refractivity contribution in [3.05, 3.63) is 64.7 Å². The number of nitrogens with zero attached hydrogens (tertiary/aromatic N) is 1. The number of sulfonamides is 1. The highest BCUT2D eigenvalue weighted by Crippen LogP contribution is 2.15. The van der Waals surface area contributed by atoms with E-state index in [1.807, 2.05) is 32.9 Å². The second kappa shape index (κ2) is 6.10. The van der Waals surface area contributed by atoms with E-state index in [0.717, 1.165) is 11.1 Å². The molecular weight excluding hydrogens is 284 g/mol. The Morgan fingerprint density at radius 3 is 2.29 bits per heavy atom. The van der Waals surface area contributed by atoms with Gasteiger partial charge in [-0.15, -0.1) is 0 Å². The Balaban J connectivity index is 2.19. The van der Waals surface area contributed by atoms with E-state index in [2.05, 4.69) is 9.93 Å². The molecule has 0 aromatic heterocycles. The van der Waals surface area contributed by atoms with Crippen LogP contribution in [-0.4, -0.2) is 14.6 Å². The van der Waals surface area contributed by atoms with Gasteiger partial charge < -0.3 is 0 Å². The first-order chi connectivity index (χ1) is 9.92. The predicted octanol–water partition coefficient (Wildman–Crippen LogP) is 2.92. The highest BCUT2D eigenvalue weighted by atomic mass is 32.2. The van der Waals surface area contributed by atoms with Gasteiger partial charge in [0.25, 0.3) is 10.0 Å². The Labute approximate surface area is 125 Å². The summed E-state index contributed by atoms with van der Waals surface area (Å²) in [5.41, 5.74) is 4.38. The molecule has 2 aromatic rings. The summed E-state index contributed by atoms with van der Waals surface area (Å²) >= 11 is 0. The fourth-order valence-electron chi connectivity index (χ4n) is 1.93. The fourth-order valence-corrected chi connectivity index (χ4v) is 2.75.